The van der Waals surface area contributed by atoms with E-state index < -0.39 is 0 Å². The molecule has 6 nitrogen and oxygen atoms in total. The Morgan fingerprint density at radius 3 is 2.85 bits per heavy atom. The van der Waals surface area contributed by atoms with Gasteiger partial charge in [0.1, 0.15) is 5.75 Å². The van der Waals surface area contributed by atoms with Gasteiger partial charge in [0.05, 0.1) is 11.8 Å². The number of hydrogen-bond acceptors (Lipinski definition) is 5. The first-order chi connectivity index (χ1) is 9.61. The van der Waals surface area contributed by atoms with Crippen molar-refractivity contribution >= 4 is 11.5 Å². The van der Waals surface area contributed by atoms with Crippen molar-refractivity contribution in [2.75, 3.05) is 19.0 Å². The van der Waals surface area contributed by atoms with Gasteiger partial charge in [0, 0.05) is 32.0 Å². The second kappa shape index (κ2) is 5.92. The Balaban J connectivity index is 2.33. The number of hydrogen-bond donors (Lipinski definition) is 2. The highest BCUT2D eigenvalue weighted by molar-refractivity contribution is 5.99. The minimum atomic E-state index is -0.0221. The van der Waals surface area contributed by atoms with E-state index in [9.17, 15) is 0 Å². The fourth-order valence-corrected chi connectivity index (χ4v) is 1.68. The molecular weight excluding hydrogens is 256 g/mol. The lowest BCUT2D eigenvalue weighted by atomic mass is 10.2. The van der Waals surface area contributed by atoms with E-state index in [1.807, 2.05) is 43.3 Å². The number of oxime groups is 1. The normalized spacial score (nSPS) is 11.2. The van der Waals surface area contributed by atoms with Crippen molar-refractivity contribution in [2.45, 2.75) is 0 Å². The van der Waals surface area contributed by atoms with E-state index in [1.165, 1.54) is 6.20 Å². The van der Waals surface area contributed by atoms with E-state index in [0.717, 1.165) is 5.69 Å². The van der Waals surface area contributed by atoms with Crippen molar-refractivity contribution in [2.24, 2.45) is 10.9 Å². The maximum atomic E-state index is 8.78. The van der Waals surface area contributed by atoms with Crippen LogP contribution in [-0.2, 0) is 0 Å². The van der Waals surface area contributed by atoms with Gasteiger partial charge in [-0.15, -0.1) is 0 Å². The molecule has 0 unspecified atom stereocenters. The van der Waals surface area contributed by atoms with E-state index in [0.29, 0.717) is 17.1 Å². The molecule has 20 heavy (non-hydrogen) atoms. The lowest BCUT2D eigenvalue weighted by Crippen LogP contribution is -2.14. The topological polar surface area (TPSA) is 84.0 Å². The van der Waals surface area contributed by atoms with Crippen molar-refractivity contribution in [3.63, 3.8) is 0 Å². The van der Waals surface area contributed by atoms with Gasteiger partial charge in [-0.1, -0.05) is 11.2 Å². The Kier molecular flexibility index (Phi) is 4.05. The van der Waals surface area contributed by atoms with Gasteiger partial charge in [0.25, 0.3) is 0 Å². The summed E-state index contributed by atoms with van der Waals surface area (Å²) < 4.78 is 5.76. The van der Waals surface area contributed by atoms with Crippen LogP contribution in [0.15, 0.2) is 47.9 Å². The van der Waals surface area contributed by atoms with E-state index in [1.54, 1.807) is 12.3 Å². The van der Waals surface area contributed by atoms with Crippen molar-refractivity contribution < 1.29 is 9.94 Å². The summed E-state index contributed by atoms with van der Waals surface area (Å²) >= 11 is 0. The molecule has 0 fully saturated rings. The average molecular weight is 272 g/mol. The Morgan fingerprint density at radius 2 is 2.15 bits per heavy atom. The van der Waals surface area contributed by atoms with Crippen LogP contribution in [0.3, 0.4) is 0 Å². The van der Waals surface area contributed by atoms with E-state index >= 15 is 0 Å². The van der Waals surface area contributed by atoms with Gasteiger partial charge in [0.2, 0.25) is 0 Å². The molecular formula is C14H16N4O2. The molecule has 0 radical (unpaired) electrons. The van der Waals surface area contributed by atoms with Gasteiger partial charge in [-0.25, -0.2) is 0 Å². The summed E-state index contributed by atoms with van der Waals surface area (Å²) in [5.74, 6) is 1.06. The number of ether oxygens (including phenoxy) is 1. The molecule has 0 aliphatic heterocycles. The summed E-state index contributed by atoms with van der Waals surface area (Å²) in [5.41, 5.74) is 7.11. The van der Waals surface area contributed by atoms with Crippen LogP contribution in [0.2, 0.25) is 0 Å². The van der Waals surface area contributed by atoms with E-state index in [2.05, 4.69) is 10.1 Å². The first kappa shape index (κ1) is 13.7. The van der Waals surface area contributed by atoms with Gasteiger partial charge in [-0.2, -0.15) is 0 Å². The molecule has 1 aromatic carbocycles. The summed E-state index contributed by atoms with van der Waals surface area (Å²) in [6.45, 7) is 0. The van der Waals surface area contributed by atoms with Crippen LogP contribution in [0, 0.1) is 0 Å². The number of rotatable bonds is 4. The zero-order chi connectivity index (χ0) is 14.5. The molecule has 1 aromatic heterocycles. The maximum Gasteiger partial charge on any atom is 0.173 e. The van der Waals surface area contributed by atoms with Crippen LogP contribution >= 0.6 is 0 Å². The summed E-state index contributed by atoms with van der Waals surface area (Å²) in [5, 5.41) is 11.8. The first-order valence-electron chi connectivity index (χ1n) is 5.99. The fourth-order valence-electron chi connectivity index (χ4n) is 1.68. The number of pyridine rings is 1. The number of benzene rings is 1. The molecule has 0 saturated carbocycles. The highest BCUT2D eigenvalue weighted by atomic mass is 16.5. The SMILES string of the molecule is CN(C)c1cccc(Oc2cnccc2/C(N)=N/O)c1. The Labute approximate surface area is 117 Å². The molecule has 2 aromatic rings. The third-order valence-electron chi connectivity index (χ3n) is 2.73. The van der Waals surface area contributed by atoms with Crippen molar-refractivity contribution in [3.05, 3.63) is 48.3 Å². The largest absolute Gasteiger partial charge is 0.455 e. The Morgan fingerprint density at radius 1 is 1.35 bits per heavy atom. The predicted molar refractivity (Wildman–Crippen MR) is 77.6 cm³/mol. The maximum absolute atomic E-state index is 8.78. The standard InChI is InChI=1S/C14H16N4O2/c1-18(2)10-4-3-5-11(8-10)20-13-9-16-7-6-12(13)14(15)17-19/h3-9,19H,1-2H3,(H2,15,17). The Hall–Kier alpha value is -2.76. The van der Waals surface area contributed by atoms with Crippen molar-refractivity contribution in [1.82, 2.24) is 4.98 Å². The zero-order valence-electron chi connectivity index (χ0n) is 11.3. The van der Waals surface area contributed by atoms with Crippen LogP contribution in [-0.4, -0.2) is 30.1 Å². The first-order valence-corrected chi connectivity index (χ1v) is 5.99. The quantitative estimate of drug-likeness (QED) is 0.385. The highest BCUT2D eigenvalue weighted by Crippen LogP contribution is 2.27. The summed E-state index contributed by atoms with van der Waals surface area (Å²) in [7, 11) is 3.90. The van der Waals surface area contributed by atoms with Crippen LogP contribution in [0.1, 0.15) is 5.56 Å². The molecule has 0 atom stereocenters. The van der Waals surface area contributed by atoms with E-state index in [4.69, 9.17) is 15.7 Å². The van der Waals surface area contributed by atoms with Crippen LogP contribution in [0.25, 0.3) is 0 Å². The molecule has 0 aliphatic rings. The number of amidine groups is 1. The van der Waals surface area contributed by atoms with Crippen LogP contribution in [0.4, 0.5) is 5.69 Å². The lowest BCUT2D eigenvalue weighted by Gasteiger charge is -2.14. The molecule has 0 saturated heterocycles. The monoisotopic (exact) mass is 272 g/mol. The van der Waals surface area contributed by atoms with Gasteiger partial charge in [-0.05, 0) is 18.2 Å². The van der Waals surface area contributed by atoms with Crippen LogP contribution in [0.5, 0.6) is 11.5 Å². The molecule has 104 valence electrons. The molecule has 0 bridgehead atoms. The van der Waals surface area contributed by atoms with Gasteiger partial charge in [0.15, 0.2) is 11.6 Å². The van der Waals surface area contributed by atoms with Crippen LogP contribution < -0.4 is 15.4 Å². The second-order valence-electron chi connectivity index (χ2n) is 4.35. The van der Waals surface area contributed by atoms with Crippen molar-refractivity contribution in [3.8, 4) is 11.5 Å². The molecule has 0 amide bonds. The molecule has 3 N–H and O–H groups in total. The second-order valence-corrected chi connectivity index (χ2v) is 4.35. The van der Waals surface area contributed by atoms with Gasteiger partial charge < -0.3 is 20.6 Å². The molecule has 0 spiro atoms. The zero-order valence-corrected chi connectivity index (χ0v) is 11.3. The highest BCUT2D eigenvalue weighted by Gasteiger charge is 2.09. The number of nitrogens with zero attached hydrogens (tertiary/aromatic N) is 3. The number of nitrogens with two attached hydrogens (primary N) is 1. The third-order valence-corrected chi connectivity index (χ3v) is 2.73. The molecule has 1 heterocycles. The molecule has 0 aliphatic carbocycles. The predicted octanol–water partition coefficient (Wildman–Crippen LogP) is 2.03. The number of anilines is 1. The average Bonchev–Trinajstić information content (AvgIpc) is 2.47. The lowest BCUT2D eigenvalue weighted by molar-refractivity contribution is 0.318. The molecule has 2 rings (SSSR count). The van der Waals surface area contributed by atoms with Gasteiger partial charge in [-0.3, -0.25) is 4.98 Å². The Bertz CT molecular complexity index is 626. The molecule has 6 heteroatoms. The van der Waals surface area contributed by atoms with Crippen molar-refractivity contribution in [1.29, 1.82) is 0 Å². The fraction of sp³-hybridized carbons (Fsp3) is 0.143. The van der Waals surface area contributed by atoms with E-state index in [-0.39, 0.29) is 5.84 Å². The number of aromatic nitrogens is 1. The summed E-state index contributed by atoms with van der Waals surface area (Å²) in [6.07, 6.45) is 3.08. The minimum Gasteiger partial charge on any atom is -0.455 e. The smallest absolute Gasteiger partial charge is 0.173 e. The minimum absolute atomic E-state index is 0.0221. The third kappa shape index (κ3) is 2.97. The summed E-state index contributed by atoms with van der Waals surface area (Å²) in [6, 6.07) is 9.21. The summed E-state index contributed by atoms with van der Waals surface area (Å²) in [4.78, 5) is 5.96. The van der Waals surface area contributed by atoms with Gasteiger partial charge >= 0.3 is 0 Å².